The number of ether oxygens (including phenoxy) is 1. The molecule has 0 aliphatic carbocycles. The van der Waals surface area contributed by atoms with Crippen LogP contribution in [0.5, 0.6) is 5.75 Å². The molecule has 1 aromatic carbocycles. The maximum atomic E-state index is 9.52. The Balaban J connectivity index is 2.42. The molecule has 18 heavy (non-hydrogen) atoms. The Kier molecular flexibility index (Phi) is 3.84. The highest BCUT2D eigenvalue weighted by Crippen LogP contribution is 2.29. The smallest absolute Gasteiger partial charge is 0.137 e. The summed E-state index contributed by atoms with van der Waals surface area (Å²) in [5.41, 5.74) is 2.31. The molecular formula is C14H14ClNO2. The minimum atomic E-state index is -0.585. The van der Waals surface area contributed by atoms with E-state index in [-0.39, 0.29) is 0 Å². The van der Waals surface area contributed by atoms with Gasteiger partial charge in [-0.15, -0.1) is 0 Å². The van der Waals surface area contributed by atoms with Crippen molar-refractivity contribution in [2.75, 3.05) is 7.11 Å². The van der Waals surface area contributed by atoms with Crippen molar-refractivity contribution in [3.63, 3.8) is 0 Å². The van der Waals surface area contributed by atoms with Crippen LogP contribution >= 0.6 is 11.6 Å². The van der Waals surface area contributed by atoms with Crippen molar-refractivity contribution in [3.05, 3.63) is 47.1 Å². The van der Waals surface area contributed by atoms with E-state index in [1.807, 2.05) is 18.2 Å². The number of rotatable bonds is 3. The Hall–Kier alpha value is -1.58. The van der Waals surface area contributed by atoms with Crippen LogP contribution in [-0.2, 0) is 0 Å². The van der Waals surface area contributed by atoms with Crippen molar-refractivity contribution in [1.29, 1.82) is 0 Å². The van der Waals surface area contributed by atoms with Crippen molar-refractivity contribution in [1.82, 2.24) is 4.98 Å². The molecule has 4 heteroatoms. The van der Waals surface area contributed by atoms with Crippen molar-refractivity contribution < 1.29 is 9.84 Å². The molecule has 0 aliphatic rings. The molecule has 1 heterocycles. The van der Waals surface area contributed by atoms with Gasteiger partial charge in [-0.25, -0.2) is 0 Å². The first kappa shape index (κ1) is 12.9. The molecule has 0 amide bonds. The lowest BCUT2D eigenvalue weighted by Gasteiger charge is -2.08. The van der Waals surface area contributed by atoms with Crippen LogP contribution < -0.4 is 4.74 Å². The first-order chi connectivity index (χ1) is 8.61. The van der Waals surface area contributed by atoms with E-state index in [4.69, 9.17) is 16.3 Å². The summed E-state index contributed by atoms with van der Waals surface area (Å²) in [5.74, 6) is 0.632. The van der Waals surface area contributed by atoms with Crippen LogP contribution in [0.25, 0.3) is 11.3 Å². The summed E-state index contributed by atoms with van der Waals surface area (Å²) in [6.07, 6.45) is -0.585. The Morgan fingerprint density at radius 3 is 2.67 bits per heavy atom. The lowest BCUT2D eigenvalue weighted by Crippen LogP contribution is -1.96. The zero-order valence-corrected chi connectivity index (χ0v) is 11.0. The molecule has 2 rings (SSSR count). The van der Waals surface area contributed by atoms with E-state index in [2.05, 4.69) is 4.98 Å². The summed E-state index contributed by atoms with van der Waals surface area (Å²) in [4.78, 5) is 4.39. The predicted octanol–water partition coefficient (Wildman–Crippen LogP) is 3.46. The molecular weight excluding hydrogens is 250 g/mol. The molecule has 0 bridgehead atoms. The molecule has 0 unspecified atom stereocenters. The molecule has 0 radical (unpaired) electrons. The number of nitrogens with zero attached hydrogens (tertiary/aromatic N) is 1. The van der Waals surface area contributed by atoms with Crippen LogP contribution in [0.3, 0.4) is 0 Å². The second-order valence-corrected chi connectivity index (χ2v) is 4.38. The Morgan fingerprint density at radius 1 is 1.28 bits per heavy atom. The van der Waals surface area contributed by atoms with Crippen molar-refractivity contribution in [2.45, 2.75) is 13.0 Å². The van der Waals surface area contributed by atoms with E-state index in [0.29, 0.717) is 16.5 Å². The third-order valence-electron chi connectivity index (χ3n) is 2.65. The van der Waals surface area contributed by atoms with Gasteiger partial charge in [-0.2, -0.15) is 0 Å². The molecule has 0 saturated carbocycles. The van der Waals surface area contributed by atoms with E-state index in [1.165, 1.54) is 0 Å². The quantitative estimate of drug-likeness (QED) is 0.922. The second kappa shape index (κ2) is 5.38. The Bertz CT molecular complexity index is 555. The van der Waals surface area contributed by atoms with Gasteiger partial charge >= 0.3 is 0 Å². The van der Waals surface area contributed by atoms with E-state index in [9.17, 15) is 5.11 Å². The summed E-state index contributed by atoms with van der Waals surface area (Å²) in [6.45, 7) is 1.69. The van der Waals surface area contributed by atoms with E-state index in [1.54, 1.807) is 32.2 Å². The molecule has 1 atom stereocenters. The number of benzene rings is 1. The number of pyridine rings is 1. The number of hydrogen-bond acceptors (Lipinski definition) is 3. The first-order valence-corrected chi connectivity index (χ1v) is 5.98. The van der Waals surface area contributed by atoms with Crippen LogP contribution in [0, 0.1) is 0 Å². The molecule has 1 N–H and O–H groups in total. The number of aliphatic hydroxyl groups excluding tert-OH is 1. The number of halogens is 1. The lowest BCUT2D eigenvalue weighted by molar-refractivity contribution is 0.194. The van der Waals surface area contributed by atoms with E-state index < -0.39 is 6.10 Å². The van der Waals surface area contributed by atoms with Crippen LogP contribution in [-0.4, -0.2) is 17.2 Å². The van der Waals surface area contributed by atoms with Crippen molar-refractivity contribution in [2.24, 2.45) is 0 Å². The third kappa shape index (κ3) is 2.63. The summed E-state index contributed by atoms with van der Waals surface area (Å²) in [7, 11) is 1.58. The van der Waals surface area contributed by atoms with Gasteiger partial charge in [0.05, 0.1) is 29.6 Å². The number of aliphatic hydroxyl groups is 1. The summed E-state index contributed by atoms with van der Waals surface area (Å²) < 4.78 is 5.11. The van der Waals surface area contributed by atoms with Gasteiger partial charge in [0.2, 0.25) is 0 Å². The molecule has 0 spiro atoms. The summed E-state index contributed by atoms with van der Waals surface area (Å²) in [5, 5.41) is 10.1. The van der Waals surface area contributed by atoms with Crippen LogP contribution in [0.15, 0.2) is 36.4 Å². The van der Waals surface area contributed by atoms with Crippen LogP contribution in [0.1, 0.15) is 18.7 Å². The molecule has 3 nitrogen and oxygen atoms in total. The fraction of sp³-hybridized carbons (Fsp3) is 0.214. The number of hydrogen-bond donors (Lipinski definition) is 1. The molecule has 1 aromatic heterocycles. The predicted molar refractivity (Wildman–Crippen MR) is 71.9 cm³/mol. The minimum absolute atomic E-state index is 0.541. The fourth-order valence-electron chi connectivity index (χ4n) is 1.67. The third-order valence-corrected chi connectivity index (χ3v) is 2.94. The summed E-state index contributed by atoms with van der Waals surface area (Å²) >= 11 is 6.08. The zero-order chi connectivity index (χ0) is 13.1. The van der Waals surface area contributed by atoms with Crippen LogP contribution in [0.4, 0.5) is 0 Å². The second-order valence-electron chi connectivity index (χ2n) is 3.97. The highest BCUT2D eigenvalue weighted by atomic mass is 35.5. The highest BCUT2D eigenvalue weighted by molar-refractivity contribution is 6.32. The minimum Gasteiger partial charge on any atom is -0.495 e. The topological polar surface area (TPSA) is 42.4 Å². The number of methoxy groups -OCH3 is 1. The SMILES string of the molecule is COc1ccc(-c2cccc([C@H](C)O)n2)cc1Cl. The largest absolute Gasteiger partial charge is 0.495 e. The van der Waals surface area contributed by atoms with E-state index >= 15 is 0 Å². The van der Waals surface area contributed by atoms with Gasteiger partial charge in [0.1, 0.15) is 5.75 Å². The van der Waals surface area contributed by atoms with Gasteiger partial charge in [-0.1, -0.05) is 17.7 Å². The average molecular weight is 264 g/mol. The molecule has 2 aromatic rings. The van der Waals surface area contributed by atoms with Gasteiger partial charge < -0.3 is 9.84 Å². The van der Waals surface area contributed by atoms with Crippen LogP contribution in [0.2, 0.25) is 5.02 Å². The standard InChI is InChI=1S/C14H14ClNO2/c1-9(17)12-4-3-5-13(16-12)10-6-7-14(18-2)11(15)8-10/h3-9,17H,1-2H3/t9-/m0/s1. The maximum absolute atomic E-state index is 9.52. The fourth-order valence-corrected chi connectivity index (χ4v) is 1.93. The summed E-state index contributed by atoms with van der Waals surface area (Å²) in [6, 6.07) is 11.0. The number of aromatic nitrogens is 1. The maximum Gasteiger partial charge on any atom is 0.137 e. The van der Waals surface area contributed by atoms with Gasteiger partial charge in [-0.3, -0.25) is 4.98 Å². The van der Waals surface area contributed by atoms with Gasteiger partial charge in [-0.05, 0) is 37.3 Å². The molecule has 94 valence electrons. The molecule has 0 aliphatic heterocycles. The van der Waals surface area contributed by atoms with E-state index in [0.717, 1.165) is 11.3 Å². The van der Waals surface area contributed by atoms with Gasteiger partial charge in [0.15, 0.2) is 0 Å². The monoisotopic (exact) mass is 263 g/mol. The molecule has 0 fully saturated rings. The lowest BCUT2D eigenvalue weighted by atomic mass is 10.1. The zero-order valence-electron chi connectivity index (χ0n) is 10.2. The van der Waals surface area contributed by atoms with Crippen molar-refractivity contribution >= 4 is 11.6 Å². The van der Waals surface area contributed by atoms with Crippen molar-refractivity contribution in [3.8, 4) is 17.0 Å². The first-order valence-electron chi connectivity index (χ1n) is 5.60. The highest BCUT2D eigenvalue weighted by Gasteiger charge is 2.07. The normalized spacial score (nSPS) is 12.2. The van der Waals surface area contributed by atoms with Gasteiger partial charge in [0, 0.05) is 5.56 Å². The molecule has 0 saturated heterocycles. The van der Waals surface area contributed by atoms with Gasteiger partial charge in [0.25, 0.3) is 0 Å². The average Bonchev–Trinajstić information content (AvgIpc) is 2.38. The Morgan fingerprint density at radius 2 is 2.06 bits per heavy atom. The Labute approximate surface area is 111 Å².